The Bertz CT molecular complexity index is 1540. The van der Waals surface area contributed by atoms with Gasteiger partial charge in [0.15, 0.2) is 11.6 Å². The highest BCUT2D eigenvalue weighted by Gasteiger charge is 2.61. The molecule has 0 bridgehead atoms. The molecule has 0 spiro atoms. The second-order valence-electron chi connectivity index (χ2n) is 12.0. The summed E-state index contributed by atoms with van der Waals surface area (Å²) in [5.74, 6) is -2.83. The van der Waals surface area contributed by atoms with Crippen molar-refractivity contribution in [3.8, 4) is 0 Å². The lowest BCUT2D eigenvalue weighted by molar-refractivity contribution is -0.139. The number of allylic oxidation sites excluding steroid dienone is 3. The first-order chi connectivity index (χ1) is 20.9. The molecule has 0 unspecified atom stereocenters. The number of ether oxygens (including phenoxy) is 1. The van der Waals surface area contributed by atoms with E-state index >= 15 is 0 Å². The van der Waals surface area contributed by atoms with Gasteiger partial charge in [-0.3, -0.25) is 28.8 Å². The maximum atomic E-state index is 14.2. The molecule has 1 N–H and O–H groups in total. The molecule has 236 valence electrons. The van der Waals surface area contributed by atoms with Crippen LogP contribution < -0.4 is 4.72 Å². The van der Waals surface area contributed by atoms with Crippen LogP contribution in [0.4, 0.5) is 9.18 Å². The Morgan fingerprint density at radius 2 is 1.91 bits per heavy atom. The van der Waals surface area contributed by atoms with Crippen LogP contribution in [0.2, 0.25) is 0 Å². The maximum Gasteiger partial charge on any atom is 0.410 e. The number of benzene rings is 1. The van der Waals surface area contributed by atoms with E-state index in [1.807, 2.05) is 0 Å². The molecule has 2 saturated carbocycles. The van der Waals surface area contributed by atoms with Crippen molar-refractivity contribution in [2.75, 3.05) is 6.54 Å². The molecule has 1 aromatic carbocycles. The third-order valence-electron chi connectivity index (χ3n) is 8.90. The number of hydrogen-bond acceptors (Lipinski definition) is 8. The van der Waals surface area contributed by atoms with Crippen LogP contribution in [0.1, 0.15) is 63.0 Å². The SMILES string of the molecule is C=C[C@@H]1C[C@]1(CC(=O)[C@@H]1C[C@@H](OC(=O)N2Cc3cccc(F)c3C2)CN1C(=O)CCC(=O)/C=C/C)C(=O)NS(=O)(=O)C1CC1. The Morgan fingerprint density at radius 1 is 1.16 bits per heavy atom. The summed E-state index contributed by atoms with van der Waals surface area (Å²) in [5, 5.41) is -0.622. The van der Waals surface area contributed by atoms with Gasteiger partial charge in [0.05, 0.1) is 29.8 Å². The van der Waals surface area contributed by atoms with Crippen LogP contribution in [0.3, 0.4) is 0 Å². The van der Waals surface area contributed by atoms with Crippen molar-refractivity contribution in [2.24, 2.45) is 11.3 Å². The van der Waals surface area contributed by atoms with Crippen molar-refractivity contribution < 1.29 is 41.5 Å². The van der Waals surface area contributed by atoms with E-state index in [1.165, 1.54) is 28.0 Å². The van der Waals surface area contributed by atoms with Crippen molar-refractivity contribution in [1.29, 1.82) is 0 Å². The molecule has 2 aliphatic carbocycles. The van der Waals surface area contributed by atoms with Gasteiger partial charge < -0.3 is 9.64 Å². The third-order valence-corrected chi connectivity index (χ3v) is 10.7. The van der Waals surface area contributed by atoms with Crippen LogP contribution in [0.25, 0.3) is 0 Å². The number of fused-ring (bicyclic) bond motifs is 1. The van der Waals surface area contributed by atoms with Crippen molar-refractivity contribution in [2.45, 2.75) is 82.4 Å². The number of hydrogen-bond donors (Lipinski definition) is 1. The number of nitrogens with zero attached hydrogens (tertiary/aromatic N) is 2. The van der Waals surface area contributed by atoms with Gasteiger partial charge in [0.1, 0.15) is 11.9 Å². The van der Waals surface area contributed by atoms with Gasteiger partial charge in [-0.1, -0.05) is 24.3 Å². The second kappa shape index (κ2) is 12.3. The van der Waals surface area contributed by atoms with Crippen molar-refractivity contribution in [3.63, 3.8) is 0 Å². The molecule has 0 radical (unpaired) electrons. The summed E-state index contributed by atoms with van der Waals surface area (Å²) in [4.78, 5) is 68.0. The third kappa shape index (κ3) is 6.47. The van der Waals surface area contributed by atoms with Crippen LogP contribution in [0.15, 0.2) is 43.0 Å². The van der Waals surface area contributed by atoms with Crippen molar-refractivity contribution in [3.05, 3.63) is 60.0 Å². The Hall–Kier alpha value is -3.87. The van der Waals surface area contributed by atoms with Gasteiger partial charge in [-0.05, 0) is 49.8 Å². The maximum absolute atomic E-state index is 14.2. The average Bonchev–Trinajstić information content (AvgIpc) is 3.86. The number of nitrogens with one attached hydrogen (secondary N) is 1. The molecule has 3 amide bonds. The summed E-state index contributed by atoms with van der Waals surface area (Å²) in [6, 6.07) is 3.55. The number of likely N-dealkylation sites (tertiary alicyclic amines) is 1. The first-order valence-corrected chi connectivity index (χ1v) is 16.3. The molecule has 1 saturated heterocycles. The minimum Gasteiger partial charge on any atom is -0.444 e. The first-order valence-electron chi connectivity index (χ1n) is 14.8. The fourth-order valence-electron chi connectivity index (χ4n) is 6.14. The Kier molecular flexibility index (Phi) is 8.79. The van der Waals surface area contributed by atoms with Crippen LogP contribution in [0, 0.1) is 17.2 Å². The summed E-state index contributed by atoms with van der Waals surface area (Å²) in [6.45, 7) is 5.48. The second-order valence-corrected chi connectivity index (χ2v) is 14.0. The standard InChI is InChI=1S/C31H36FN3O8S/c1-3-6-21(36)9-12-28(38)35-17-22(43-30(40)34-16-19-7-5-8-25(32)24(19)18-34)13-26(35)27(37)15-31(14-20(31)4-2)29(39)33-44(41,42)23-10-11-23/h3-8,20,22-23,26H,2,9-18H2,1H3,(H,33,39)/b6-3+/t20-,22-,26+,31-/m1/s1. The lowest BCUT2D eigenvalue weighted by Crippen LogP contribution is -2.44. The van der Waals surface area contributed by atoms with E-state index in [2.05, 4.69) is 11.3 Å². The van der Waals surface area contributed by atoms with Gasteiger partial charge in [-0.15, -0.1) is 6.58 Å². The average molecular weight is 630 g/mol. The molecular weight excluding hydrogens is 593 g/mol. The molecule has 2 heterocycles. The van der Waals surface area contributed by atoms with Crippen LogP contribution in [-0.2, 0) is 47.0 Å². The summed E-state index contributed by atoms with van der Waals surface area (Å²) < 4.78 is 47.0. The summed E-state index contributed by atoms with van der Waals surface area (Å²) in [5.41, 5.74) is -0.241. The summed E-state index contributed by atoms with van der Waals surface area (Å²) in [6.07, 6.45) is 3.39. The highest BCUT2D eigenvalue weighted by atomic mass is 32.2. The van der Waals surface area contributed by atoms with E-state index in [1.54, 1.807) is 25.1 Å². The lowest BCUT2D eigenvalue weighted by atomic mass is 9.91. The van der Waals surface area contributed by atoms with Gasteiger partial charge >= 0.3 is 6.09 Å². The van der Waals surface area contributed by atoms with Crippen LogP contribution in [0.5, 0.6) is 0 Å². The molecule has 1 aromatic rings. The molecule has 11 nitrogen and oxygen atoms in total. The molecule has 0 aromatic heterocycles. The minimum absolute atomic E-state index is 0.0238. The van der Waals surface area contributed by atoms with Crippen LogP contribution in [-0.4, -0.2) is 71.6 Å². The molecule has 5 rings (SSSR count). The number of ketones is 2. The highest BCUT2D eigenvalue weighted by molar-refractivity contribution is 7.90. The van der Waals surface area contributed by atoms with E-state index < -0.39 is 68.3 Å². The van der Waals surface area contributed by atoms with E-state index in [0.717, 1.165) is 0 Å². The predicted octanol–water partition coefficient (Wildman–Crippen LogP) is 2.93. The molecule has 3 fully saturated rings. The number of carbonyl (C=O) groups is 5. The number of halogens is 1. The zero-order valence-corrected chi connectivity index (χ0v) is 25.3. The number of rotatable bonds is 12. The van der Waals surface area contributed by atoms with Crippen molar-refractivity contribution in [1.82, 2.24) is 14.5 Å². The zero-order chi connectivity index (χ0) is 31.8. The van der Waals surface area contributed by atoms with Crippen LogP contribution >= 0.6 is 0 Å². The van der Waals surface area contributed by atoms with E-state index in [-0.39, 0.29) is 57.5 Å². The fourth-order valence-corrected chi connectivity index (χ4v) is 7.53. The number of amides is 3. The summed E-state index contributed by atoms with van der Waals surface area (Å²) in [7, 11) is -3.85. The lowest BCUT2D eigenvalue weighted by Gasteiger charge is -2.25. The molecule has 44 heavy (non-hydrogen) atoms. The fraction of sp³-hybridized carbons (Fsp3) is 0.516. The Labute approximate surface area is 255 Å². The topological polar surface area (TPSA) is 147 Å². The van der Waals surface area contributed by atoms with E-state index in [9.17, 15) is 36.8 Å². The molecule has 4 atom stereocenters. The van der Waals surface area contributed by atoms with Gasteiger partial charge in [0, 0.05) is 37.8 Å². The number of carbonyl (C=O) groups excluding carboxylic acids is 5. The smallest absolute Gasteiger partial charge is 0.410 e. The van der Waals surface area contributed by atoms with E-state index in [0.29, 0.717) is 24.0 Å². The highest BCUT2D eigenvalue weighted by Crippen LogP contribution is 2.57. The molecule has 2 aliphatic heterocycles. The van der Waals surface area contributed by atoms with Crippen molar-refractivity contribution >= 4 is 39.5 Å². The zero-order valence-electron chi connectivity index (χ0n) is 24.5. The molecular formula is C31H36FN3O8S. The molecule has 4 aliphatic rings. The first kappa shape index (κ1) is 31.6. The molecule has 13 heteroatoms. The number of sulfonamides is 1. The quantitative estimate of drug-likeness (QED) is 0.274. The monoisotopic (exact) mass is 629 g/mol. The van der Waals surface area contributed by atoms with Gasteiger partial charge in [-0.2, -0.15) is 0 Å². The predicted molar refractivity (Wildman–Crippen MR) is 156 cm³/mol. The Balaban J connectivity index is 1.29. The van der Waals surface area contributed by atoms with E-state index in [4.69, 9.17) is 4.74 Å². The van der Waals surface area contributed by atoms with Gasteiger partial charge in [0.25, 0.3) is 0 Å². The normalized spacial score (nSPS) is 25.9. The number of Topliss-reactive ketones (excluding diaryl/α,β-unsaturated/α-hetero) is 1. The summed E-state index contributed by atoms with van der Waals surface area (Å²) >= 11 is 0. The van der Waals surface area contributed by atoms with Gasteiger partial charge in [0.2, 0.25) is 21.8 Å². The van der Waals surface area contributed by atoms with Gasteiger partial charge in [-0.25, -0.2) is 17.6 Å². The Morgan fingerprint density at radius 3 is 2.55 bits per heavy atom. The minimum atomic E-state index is -3.85. The largest absolute Gasteiger partial charge is 0.444 e.